The van der Waals surface area contributed by atoms with E-state index < -0.39 is 36.1 Å². The Morgan fingerprint density at radius 3 is 2.35 bits per heavy atom. The summed E-state index contributed by atoms with van der Waals surface area (Å²) in [6, 6.07) is 17.8. The monoisotopic (exact) mass is 554 g/mol. The number of nitrogens with one attached hydrogen (secondary N) is 2. The highest BCUT2D eigenvalue weighted by atomic mass is 19.1. The summed E-state index contributed by atoms with van der Waals surface area (Å²) in [6.07, 6.45) is -1.52. The molecule has 1 heterocycles. The Balaban J connectivity index is 1.46. The SMILES string of the molecule is CCc1ccc2c(c1)N(NC[C@@H](O)[C@H](Cc1cc(F)cc(F)c1)NC(C)O)CCN2C(=O)OCc1ccccc1. The Bertz CT molecular complexity index is 1260. The number of hydrogen-bond acceptors (Lipinski definition) is 7. The molecule has 0 aromatic heterocycles. The first-order valence-electron chi connectivity index (χ1n) is 13.4. The fraction of sp³-hybridized carbons (Fsp3) is 0.367. The number of hydrazine groups is 1. The van der Waals surface area contributed by atoms with Crippen molar-refractivity contribution >= 4 is 17.5 Å². The second kappa shape index (κ2) is 13.7. The van der Waals surface area contributed by atoms with E-state index >= 15 is 0 Å². The van der Waals surface area contributed by atoms with Crippen LogP contribution in [-0.4, -0.2) is 54.3 Å². The normalized spacial score (nSPS) is 15.3. The number of nitrogens with zero attached hydrogens (tertiary/aromatic N) is 2. The van der Waals surface area contributed by atoms with Crippen molar-refractivity contribution in [3.05, 3.63) is 95.1 Å². The molecule has 0 radical (unpaired) electrons. The molecule has 0 bridgehead atoms. The van der Waals surface area contributed by atoms with Crippen molar-refractivity contribution in [2.24, 2.45) is 0 Å². The van der Waals surface area contributed by atoms with Crippen molar-refractivity contribution in [3.8, 4) is 0 Å². The number of carbonyl (C=O) groups is 1. The fourth-order valence-electron chi connectivity index (χ4n) is 4.77. The van der Waals surface area contributed by atoms with E-state index in [0.29, 0.717) is 24.3 Å². The molecule has 4 N–H and O–H groups in total. The number of halogens is 2. The van der Waals surface area contributed by atoms with E-state index in [1.165, 1.54) is 19.1 Å². The van der Waals surface area contributed by atoms with Crippen molar-refractivity contribution in [2.75, 3.05) is 29.5 Å². The summed E-state index contributed by atoms with van der Waals surface area (Å²) in [5.74, 6) is -1.41. The van der Waals surface area contributed by atoms with Gasteiger partial charge >= 0.3 is 6.09 Å². The Labute approximate surface area is 233 Å². The van der Waals surface area contributed by atoms with Gasteiger partial charge in [0.15, 0.2) is 0 Å². The van der Waals surface area contributed by atoms with E-state index in [2.05, 4.69) is 10.7 Å². The minimum Gasteiger partial charge on any atom is -0.444 e. The number of rotatable bonds is 11. The number of amides is 1. The molecule has 3 aromatic carbocycles. The van der Waals surface area contributed by atoms with Crippen LogP contribution in [0.25, 0.3) is 0 Å². The Morgan fingerprint density at radius 2 is 1.68 bits per heavy atom. The number of aryl methyl sites for hydroxylation is 1. The molecule has 3 atom stereocenters. The van der Waals surface area contributed by atoms with Crippen molar-refractivity contribution in [1.29, 1.82) is 0 Å². The molecule has 1 aliphatic heterocycles. The maximum absolute atomic E-state index is 13.7. The van der Waals surface area contributed by atoms with Gasteiger partial charge < -0.3 is 20.0 Å². The summed E-state index contributed by atoms with van der Waals surface area (Å²) in [6.45, 7) is 4.58. The lowest BCUT2D eigenvalue weighted by molar-refractivity contribution is 0.0730. The van der Waals surface area contributed by atoms with Crippen LogP contribution in [0.3, 0.4) is 0 Å². The van der Waals surface area contributed by atoms with E-state index in [0.717, 1.165) is 29.3 Å². The van der Waals surface area contributed by atoms with Crippen LogP contribution in [0.15, 0.2) is 66.7 Å². The van der Waals surface area contributed by atoms with E-state index in [9.17, 15) is 23.8 Å². The Morgan fingerprint density at radius 1 is 0.950 bits per heavy atom. The number of fused-ring (bicyclic) bond motifs is 1. The molecule has 0 fully saturated rings. The van der Waals surface area contributed by atoms with Gasteiger partial charge in [-0.2, -0.15) is 0 Å². The molecule has 8 nitrogen and oxygen atoms in total. The number of hydrogen-bond donors (Lipinski definition) is 4. The largest absolute Gasteiger partial charge is 0.444 e. The zero-order valence-corrected chi connectivity index (χ0v) is 22.7. The maximum Gasteiger partial charge on any atom is 0.414 e. The van der Waals surface area contributed by atoms with Gasteiger partial charge in [-0.25, -0.2) is 19.0 Å². The number of benzene rings is 3. The minimum atomic E-state index is -1.02. The summed E-state index contributed by atoms with van der Waals surface area (Å²) in [7, 11) is 0. The van der Waals surface area contributed by atoms with E-state index in [-0.39, 0.29) is 19.6 Å². The third-order valence-corrected chi connectivity index (χ3v) is 6.79. The van der Waals surface area contributed by atoms with Crippen LogP contribution >= 0.6 is 0 Å². The van der Waals surface area contributed by atoms with Crippen molar-refractivity contribution in [3.63, 3.8) is 0 Å². The molecule has 0 aliphatic carbocycles. The average Bonchev–Trinajstić information content (AvgIpc) is 2.93. The summed E-state index contributed by atoms with van der Waals surface area (Å²) in [5.41, 5.74) is 7.02. The Kier molecular flexibility index (Phi) is 10.1. The van der Waals surface area contributed by atoms with Gasteiger partial charge in [-0.05, 0) is 60.7 Å². The molecule has 0 saturated heterocycles. The molecule has 0 spiro atoms. The molecule has 40 heavy (non-hydrogen) atoms. The van der Waals surface area contributed by atoms with Gasteiger partial charge in [0, 0.05) is 25.2 Å². The van der Waals surface area contributed by atoms with Gasteiger partial charge in [-0.15, -0.1) is 0 Å². The topological polar surface area (TPSA) is 97.3 Å². The van der Waals surface area contributed by atoms with Gasteiger partial charge in [0.05, 0.1) is 24.0 Å². The van der Waals surface area contributed by atoms with Gasteiger partial charge in [-0.1, -0.05) is 43.3 Å². The van der Waals surface area contributed by atoms with Crippen LogP contribution in [0.1, 0.15) is 30.5 Å². The average molecular weight is 555 g/mol. The number of aliphatic hydroxyl groups excluding tert-OH is 2. The highest BCUT2D eigenvalue weighted by Gasteiger charge is 2.29. The third kappa shape index (κ3) is 7.76. The molecule has 1 unspecified atom stereocenters. The summed E-state index contributed by atoms with van der Waals surface area (Å²) >= 11 is 0. The number of ether oxygens (including phenoxy) is 1. The highest BCUT2D eigenvalue weighted by Crippen LogP contribution is 2.34. The molecule has 214 valence electrons. The van der Waals surface area contributed by atoms with Crippen LogP contribution in [-0.2, 0) is 24.2 Å². The summed E-state index contributed by atoms with van der Waals surface area (Å²) in [4.78, 5) is 14.6. The van der Waals surface area contributed by atoms with Crippen LogP contribution in [0.2, 0.25) is 0 Å². The lowest BCUT2D eigenvalue weighted by Crippen LogP contribution is -2.55. The predicted molar refractivity (Wildman–Crippen MR) is 150 cm³/mol. The molecular weight excluding hydrogens is 518 g/mol. The fourth-order valence-corrected chi connectivity index (χ4v) is 4.77. The van der Waals surface area contributed by atoms with Crippen molar-refractivity contribution in [1.82, 2.24) is 10.7 Å². The van der Waals surface area contributed by atoms with Gasteiger partial charge in [0.2, 0.25) is 0 Å². The molecule has 3 aromatic rings. The molecule has 0 saturated carbocycles. The van der Waals surface area contributed by atoms with Crippen molar-refractivity contribution < 1.29 is 28.5 Å². The first-order chi connectivity index (χ1) is 19.2. The lowest BCUT2D eigenvalue weighted by Gasteiger charge is -2.38. The molecule has 1 aliphatic rings. The quantitative estimate of drug-likeness (QED) is 0.267. The Hall–Kier alpha value is -3.57. The number of aliphatic hydroxyl groups is 2. The van der Waals surface area contributed by atoms with E-state index in [4.69, 9.17) is 4.74 Å². The third-order valence-electron chi connectivity index (χ3n) is 6.79. The highest BCUT2D eigenvalue weighted by molar-refractivity contribution is 5.93. The summed E-state index contributed by atoms with van der Waals surface area (Å²) in [5, 5.41) is 25.7. The smallest absolute Gasteiger partial charge is 0.414 e. The standard InChI is InChI=1S/C30H36F2N4O4/c1-3-21-9-10-27-28(16-21)36(12-11-35(27)30(39)40-19-22-7-5-4-6-8-22)33-18-29(38)26(34-20(2)37)15-23-13-24(31)17-25(32)14-23/h4-10,13-14,16-17,20,26,29,33-34,37-38H,3,11-12,15,18-19H2,1-2H3/t20?,26-,29+/m0/s1. The van der Waals surface area contributed by atoms with E-state index in [1.54, 1.807) is 4.90 Å². The van der Waals surface area contributed by atoms with Crippen LogP contribution in [0, 0.1) is 11.6 Å². The molecule has 1 amide bonds. The number of carbonyl (C=O) groups excluding carboxylic acids is 1. The van der Waals surface area contributed by atoms with Gasteiger partial charge in [0.25, 0.3) is 0 Å². The minimum absolute atomic E-state index is 0.0798. The first kappa shape index (κ1) is 29.4. The zero-order chi connectivity index (χ0) is 28.6. The molecule has 4 rings (SSSR count). The second-order valence-corrected chi connectivity index (χ2v) is 9.88. The van der Waals surface area contributed by atoms with Crippen LogP contribution in [0.4, 0.5) is 25.0 Å². The van der Waals surface area contributed by atoms with Crippen LogP contribution in [0.5, 0.6) is 0 Å². The lowest BCUT2D eigenvalue weighted by atomic mass is 10.0. The van der Waals surface area contributed by atoms with Gasteiger partial charge in [0.1, 0.15) is 24.5 Å². The summed E-state index contributed by atoms with van der Waals surface area (Å²) < 4.78 is 33.0. The first-order valence-corrected chi connectivity index (χ1v) is 13.4. The maximum atomic E-state index is 13.7. The van der Waals surface area contributed by atoms with Crippen LogP contribution < -0.4 is 20.7 Å². The number of anilines is 2. The van der Waals surface area contributed by atoms with E-state index in [1.807, 2.05) is 60.5 Å². The van der Waals surface area contributed by atoms with Crippen molar-refractivity contribution in [2.45, 2.75) is 51.7 Å². The second-order valence-electron chi connectivity index (χ2n) is 9.88. The zero-order valence-electron chi connectivity index (χ0n) is 22.7. The molecular formula is C30H36F2N4O4. The van der Waals surface area contributed by atoms with Gasteiger partial charge in [-0.3, -0.25) is 10.2 Å². The predicted octanol–water partition coefficient (Wildman–Crippen LogP) is 3.90. The molecule has 10 heteroatoms.